The van der Waals surface area contributed by atoms with E-state index < -0.39 is 0 Å². The van der Waals surface area contributed by atoms with Crippen LogP contribution in [0.15, 0.2) is 24.3 Å². The molecule has 0 heterocycles. The maximum absolute atomic E-state index is 11.7. The van der Waals surface area contributed by atoms with Crippen LogP contribution < -0.4 is 11.1 Å². The molecule has 0 atom stereocenters. The van der Waals surface area contributed by atoms with Gasteiger partial charge in [0, 0.05) is 17.7 Å². The number of Topliss-reactive ketones (excluding diaryl/α,β-unsaturated/α-hetero) is 1. The average molecular weight is 271 g/mol. The molecule has 0 aliphatic rings. The Bertz CT molecular complexity index is 390. The highest BCUT2D eigenvalue weighted by atomic mass is 35.5. The predicted octanol–water partition coefficient (Wildman–Crippen LogP) is 1.78. The van der Waals surface area contributed by atoms with Crippen LogP contribution in [0.1, 0.15) is 40.5 Å². The van der Waals surface area contributed by atoms with E-state index in [1.807, 2.05) is 0 Å². The topological polar surface area (TPSA) is 72.2 Å². The van der Waals surface area contributed by atoms with E-state index in [1.54, 1.807) is 24.3 Å². The lowest BCUT2D eigenvalue weighted by Gasteiger charge is -2.05. The smallest absolute Gasteiger partial charge is 0.251 e. The van der Waals surface area contributed by atoms with Gasteiger partial charge in [-0.05, 0) is 38.4 Å². The van der Waals surface area contributed by atoms with Gasteiger partial charge in [0.15, 0.2) is 5.78 Å². The third kappa shape index (κ3) is 5.29. The van der Waals surface area contributed by atoms with Gasteiger partial charge in [-0.15, -0.1) is 12.4 Å². The van der Waals surface area contributed by atoms with Crippen molar-refractivity contribution in [2.45, 2.75) is 19.8 Å². The van der Waals surface area contributed by atoms with Gasteiger partial charge in [-0.25, -0.2) is 0 Å². The number of unbranched alkanes of at least 4 members (excludes halogenated alkanes) is 1. The summed E-state index contributed by atoms with van der Waals surface area (Å²) in [6, 6.07) is 6.65. The van der Waals surface area contributed by atoms with Crippen molar-refractivity contribution in [2.75, 3.05) is 13.1 Å². The highest BCUT2D eigenvalue weighted by Crippen LogP contribution is 2.05. The van der Waals surface area contributed by atoms with Gasteiger partial charge in [0.05, 0.1) is 0 Å². The summed E-state index contributed by atoms with van der Waals surface area (Å²) >= 11 is 0. The Balaban J connectivity index is 0.00000289. The summed E-state index contributed by atoms with van der Waals surface area (Å²) in [5.74, 6) is -0.114. The molecule has 3 N–H and O–H groups in total. The Morgan fingerprint density at radius 3 is 2.17 bits per heavy atom. The lowest BCUT2D eigenvalue weighted by Crippen LogP contribution is -2.24. The first kappa shape index (κ1) is 16.6. The van der Waals surface area contributed by atoms with Gasteiger partial charge in [0.1, 0.15) is 0 Å². The molecular formula is C13H19ClN2O2. The van der Waals surface area contributed by atoms with E-state index in [1.165, 1.54) is 6.92 Å². The van der Waals surface area contributed by atoms with Crippen LogP contribution in [0.2, 0.25) is 0 Å². The summed E-state index contributed by atoms with van der Waals surface area (Å²) in [4.78, 5) is 22.7. The molecule has 0 unspecified atom stereocenters. The summed E-state index contributed by atoms with van der Waals surface area (Å²) in [7, 11) is 0. The molecule has 1 aromatic carbocycles. The molecule has 18 heavy (non-hydrogen) atoms. The maximum atomic E-state index is 11.7. The molecule has 0 saturated carbocycles. The zero-order valence-corrected chi connectivity index (χ0v) is 11.3. The van der Waals surface area contributed by atoms with E-state index in [2.05, 4.69) is 5.32 Å². The van der Waals surface area contributed by atoms with E-state index >= 15 is 0 Å². The molecule has 0 bridgehead atoms. The number of nitrogens with one attached hydrogen (secondary N) is 1. The largest absolute Gasteiger partial charge is 0.352 e. The second-order valence-corrected chi connectivity index (χ2v) is 3.89. The van der Waals surface area contributed by atoms with Gasteiger partial charge in [-0.2, -0.15) is 0 Å². The third-order valence-electron chi connectivity index (χ3n) is 2.47. The number of carbonyl (C=O) groups is 2. The number of benzene rings is 1. The van der Waals surface area contributed by atoms with Crippen molar-refractivity contribution in [2.24, 2.45) is 5.73 Å². The minimum Gasteiger partial charge on any atom is -0.352 e. The monoisotopic (exact) mass is 270 g/mol. The first-order valence-electron chi connectivity index (χ1n) is 5.74. The number of hydrogen-bond donors (Lipinski definition) is 2. The van der Waals surface area contributed by atoms with Crippen molar-refractivity contribution in [3.05, 3.63) is 35.4 Å². The van der Waals surface area contributed by atoms with E-state index in [9.17, 15) is 9.59 Å². The summed E-state index contributed by atoms with van der Waals surface area (Å²) in [5.41, 5.74) is 6.54. The van der Waals surface area contributed by atoms with Crippen LogP contribution in [0, 0.1) is 0 Å². The minimum atomic E-state index is -0.114. The van der Waals surface area contributed by atoms with Gasteiger partial charge >= 0.3 is 0 Å². The third-order valence-corrected chi connectivity index (χ3v) is 2.47. The molecule has 0 aliphatic carbocycles. The normalized spacial score (nSPS) is 9.44. The predicted molar refractivity (Wildman–Crippen MR) is 74.3 cm³/mol. The number of ketones is 1. The molecule has 4 nitrogen and oxygen atoms in total. The lowest BCUT2D eigenvalue weighted by atomic mass is 10.1. The highest BCUT2D eigenvalue weighted by molar-refractivity contribution is 5.97. The SMILES string of the molecule is CC(=O)c1ccc(C(=O)NCCCCN)cc1.Cl. The van der Waals surface area contributed by atoms with Crippen LogP contribution in [0.25, 0.3) is 0 Å². The zero-order valence-electron chi connectivity index (χ0n) is 10.4. The van der Waals surface area contributed by atoms with Gasteiger partial charge in [-0.1, -0.05) is 12.1 Å². The summed E-state index contributed by atoms with van der Waals surface area (Å²) < 4.78 is 0. The van der Waals surface area contributed by atoms with Crippen molar-refractivity contribution in [3.63, 3.8) is 0 Å². The molecule has 0 aliphatic heterocycles. The molecule has 0 spiro atoms. The second-order valence-electron chi connectivity index (χ2n) is 3.89. The minimum absolute atomic E-state index is 0. The van der Waals surface area contributed by atoms with Crippen molar-refractivity contribution in [3.8, 4) is 0 Å². The van der Waals surface area contributed by atoms with E-state index in [4.69, 9.17) is 5.73 Å². The quantitative estimate of drug-likeness (QED) is 0.611. The van der Waals surface area contributed by atoms with Crippen LogP contribution in [0.4, 0.5) is 0 Å². The molecule has 0 saturated heterocycles. The molecule has 5 heteroatoms. The van der Waals surface area contributed by atoms with Crippen LogP contribution in [-0.4, -0.2) is 24.8 Å². The first-order valence-corrected chi connectivity index (χ1v) is 5.74. The highest BCUT2D eigenvalue weighted by Gasteiger charge is 2.05. The number of hydrogen-bond acceptors (Lipinski definition) is 3. The second kappa shape index (κ2) is 8.66. The van der Waals surface area contributed by atoms with Crippen LogP contribution in [0.3, 0.4) is 0 Å². The summed E-state index contributed by atoms with van der Waals surface area (Å²) in [6.45, 7) is 2.77. The number of halogens is 1. The molecule has 100 valence electrons. The lowest BCUT2D eigenvalue weighted by molar-refractivity contribution is 0.0951. The van der Waals surface area contributed by atoms with E-state index in [-0.39, 0.29) is 24.1 Å². The average Bonchev–Trinajstić information content (AvgIpc) is 2.34. The van der Waals surface area contributed by atoms with Crippen molar-refractivity contribution in [1.82, 2.24) is 5.32 Å². The number of carbonyl (C=O) groups excluding carboxylic acids is 2. The number of rotatable bonds is 6. The molecule has 1 amide bonds. The van der Waals surface area contributed by atoms with Gasteiger partial charge in [-0.3, -0.25) is 9.59 Å². The van der Waals surface area contributed by atoms with E-state index in [0.717, 1.165) is 12.8 Å². The molecule has 1 rings (SSSR count). The van der Waals surface area contributed by atoms with Gasteiger partial charge in [0.25, 0.3) is 5.91 Å². The maximum Gasteiger partial charge on any atom is 0.251 e. The molecule has 0 radical (unpaired) electrons. The van der Waals surface area contributed by atoms with Crippen LogP contribution >= 0.6 is 12.4 Å². The fourth-order valence-corrected chi connectivity index (χ4v) is 1.43. The standard InChI is InChI=1S/C13H18N2O2.ClH/c1-10(16)11-4-6-12(7-5-11)13(17)15-9-3-2-8-14;/h4-7H,2-3,8-9,14H2,1H3,(H,15,17);1H. The van der Waals surface area contributed by atoms with Crippen molar-refractivity contribution < 1.29 is 9.59 Å². The zero-order chi connectivity index (χ0) is 12.7. The van der Waals surface area contributed by atoms with Gasteiger partial charge < -0.3 is 11.1 Å². The Labute approximate surface area is 113 Å². The Kier molecular flexibility index (Phi) is 8.00. The number of amides is 1. The van der Waals surface area contributed by atoms with Crippen LogP contribution in [-0.2, 0) is 0 Å². The van der Waals surface area contributed by atoms with E-state index in [0.29, 0.717) is 24.2 Å². The van der Waals surface area contributed by atoms with Gasteiger partial charge in [0.2, 0.25) is 0 Å². The fraction of sp³-hybridized carbons (Fsp3) is 0.385. The Morgan fingerprint density at radius 1 is 1.11 bits per heavy atom. The Morgan fingerprint density at radius 2 is 1.67 bits per heavy atom. The number of nitrogens with two attached hydrogens (primary N) is 1. The molecular weight excluding hydrogens is 252 g/mol. The van der Waals surface area contributed by atoms with Crippen molar-refractivity contribution >= 4 is 24.1 Å². The molecule has 1 aromatic rings. The van der Waals surface area contributed by atoms with Crippen LogP contribution in [0.5, 0.6) is 0 Å². The fourth-order valence-electron chi connectivity index (χ4n) is 1.43. The first-order chi connectivity index (χ1) is 8.15. The summed E-state index contributed by atoms with van der Waals surface area (Å²) in [5, 5.41) is 2.80. The van der Waals surface area contributed by atoms with Crippen molar-refractivity contribution in [1.29, 1.82) is 0 Å². The molecule has 0 aromatic heterocycles. The molecule has 0 fully saturated rings. The summed E-state index contributed by atoms with van der Waals surface area (Å²) in [6.07, 6.45) is 1.79. The Hall–Kier alpha value is -1.39.